The number of Topliss-reactive ketones (excluding diaryl/α,β-unsaturated/α-hetero) is 1. The molecule has 2 aromatic rings. The summed E-state index contributed by atoms with van der Waals surface area (Å²) in [4.78, 5) is 34.4. The Labute approximate surface area is 157 Å². The molecular formula is C20H21N3O4. The SMILES string of the molecule is CNC(=O)/C(=N/OC)c1ccccc1CO/N=C(\C)C(=O)c1ccccc1. The molecule has 0 unspecified atom stereocenters. The van der Waals surface area contributed by atoms with Crippen LogP contribution < -0.4 is 5.32 Å². The number of carbonyl (C=O) groups excluding carboxylic acids is 2. The van der Waals surface area contributed by atoms with Crippen LogP contribution in [0.15, 0.2) is 64.9 Å². The van der Waals surface area contributed by atoms with Gasteiger partial charge in [0.1, 0.15) is 19.4 Å². The predicted molar refractivity (Wildman–Crippen MR) is 103 cm³/mol. The van der Waals surface area contributed by atoms with E-state index in [1.54, 1.807) is 49.4 Å². The summed E-state index contributed by atoms with van der Waals surface area (Å²) in [5, 5.41) is 10.2. The molecule has 1 N–H and O–H groups in total. The molecule has 0 aliphatic rings. The number of rotatable bonds is 8. The summed E-state index contributed by atoms with van der Waals surface area (Å²) in [5.41, 5.74) is 2.13. The molecule has 0 heterocycles. The van der Waals surface area contributed by atoms with Crippen LogP contribution in [0.2, 0.25) is 0 Å². The van der Waals surface area contributed by atoms with Gasteiger partial charge >= 0.3 is 0 Å². The second kappa shape index (κ2) is 9.86. The summed E-state index contributed by atoms with van der Waals surface area (Å²) >= 11 is 0. The van der Waals surface area contributed by atoms with Gasteiger partial charge in [0.05, 0.1) is 0 Å². The van der Waals surface area contributed by atoms with E-state index < -0.39 is 0 Å². The van der Waals surface area contributed by atoms with Crippen molar-refractivity contribution in [2.75, 3.05) is 14.2 Å². The number of nitrogens with one attached hydrogen (secondary N) is 1. The van der Waals surface area contributed by atoms with E-state index >= 15 is 0 Å². The van der Waals surface area contributed by atoms with Crippen molar-refractivity contribution in [1.29, 1.82) is 0 Å². The molecule has 0 spiro atoms. The first-order valence-electron chi connectivity index (χ1n) is 8.26. The van der Waals surface area contributed by atoms with Gasteiger partial charge in [0.15, 0.2) is 5.71 Å². The minimum Gasteiger partial charge on any atom is -0.398 e. The number of nitrogens with zero attached hydrogens (tertiary/aromatic N) is 2. The molecule has 0 aliphatic carbocycles. The molecule has 0 saturated heterocycles. The third kappa shape index (κ3) is 5.24. The number of amides is 1. The van der Waals surface area contributed by atoms with Crippen molar-refractivity contribution in [1.82, 2.24) is 5.32 Å². The largest absolute Gasteiger partial charge is 0.398 e. The minimum atomic E-state index is -0.386. The Morgan fingerprint density at radius 3 is 2.33 bits per heavy atom. The minimum absolute atomic E-state index is 0.0648. The van der Waals surface area contributed by atoms with Gasteiger partial charge in [-0.2, -0.15) is 0 Å². The van der Waals surface area contributed by atoms with E-state index in [1.165, 1.54) is 14.2 Å². The number of hydrogen-bond acceptors (Lipinski definition) is 6. The van der Waals surface area contributed by atoms with Crippen molar-refractivity contribution in [3.8, 4) is 0 Å². The van der Waals surface area contributed by atoms with Crippen LogP contribution in [0.3, 0.4) is 0 Å². The summed E-state index contributed by atoms with van der Waals surface area (Å²) in [7, 11) is 2.88. The van der Waals surface area contributed by atoms with E-state index in [1.807, 2.05) is 12.1 Å². The number of carbonyl (C=O) groups is 2. The first-order valence-corrected chi connectivity index (χ1v) is 8.26. The first-order chi connectivity index (χ1) is 13.1. The normalized spacial score (nSPS) is 11.7. The molecule has 2 rings (SSSR count). The maximum atomic E-state index is 12.3. The molecule has 0 radical (unpaired) electrons. The van der Waals surface area contributed by atoms with Crippen LogP contribution in [-0.2, 0) is 21.1 Å². The van der Waals surface area contributed by atoms with Gasteiger partial charge in [-0.05, 0) is 6.92 Å². The van der Waals surface area contributed by atoms with E-state index in [-0.39, 0.29) is 29.7 Å². The summed E-state index contributed by atoms with van der Waals surface area (Å²) < 4.78 is 0. The third-order valence-electron chi connectivity index (χ3n) is 3.68. The predicted octanol–water partition coefficient (Wildman–Crippen LogP) is 2.56. The fraction of sp³-hybridized carbons (Fsp3) is 0.200. The molecule has 2 aromatic carbocycles. The van der Waals surface area contributed by atoms with E-state index in [2.05, 4.69) is 15.6 Å². The molecule has 0 bridgehead atoms. The van der Waals surface area contributed by atoms with Crippen LogP contribution in [0.4, 0.5) is 0 Å². The summed E-state index contributed by atoms with van der Waals surface area (Å²) in [6, 6.07) is 15.9. The third-order valence-corrected chi connectivity index (χ3v) is 3.68. The van der Waals surface area contributed by atoms with Gasteiger partial charge in [0.25, 0.3) is 5.91 Å². The average Bonchev–Trinajstić information content (AvgIpc) is 2.72. The van der Waals surface area contributed by atoms with Crippen molar-refractivity contribution in [2.24, 2.45) is 10.3 Å². The second-order valence-corrected chi connectivity index (χ2v) is 5.50. The summed E-state index contributed by atoms with van der Waals surface area (Å²) in [5.74, 6) is -0.598. The van der Waals surface area contributed by atoms with Gasteiger partial charge < -0.3 is 15.0 Å². The van der Waals surface area contributed by atoms with Crippen molar-refractivity contribution in [3.05, 3.63) is 71.3 Å². The lowest BCUT2D eigenvalue weighted by molar-refractivity contribution is -0.114. The Hall–Kier alpha value is -3.48. The Bertz CT molecular complexity index is 861. The summed E-state index contributed by atoms with van der Waals surface area (Å²) in [6.07, 6.45) is 0. The Morgan fingerprint density at radius 2 is 1.67 bits per heavy atom. The molecule has 1 amide bonds. The monoisotopic (exact) mass is 367 g/mol. The van der Waals surface area contributed by atoms with Crippen LogP contribution >= 0.6 is 0 Å². The van der Waals surface area contributed by atoms with Crippen molar-refractivity contribution in [2.45, 2.75) is 13.5 Å². The van der Waals surface area contributed by atoms with Crippen LogP contribution in [0, 0.1) is 0 Å². The smallest absolute Gasteiger partial charge is 0.273 e. The van der Waals surface area contributed by atoms with Gasteiger partial charge in [0.2, 0.25) is 5.78 Å². The lowest BCUT2D eigenvalue weighted by atomic mass is 10.0. The second-order valence-electron chi connectivity index (χ2n) is 5.50. The molecule has 27 heavy (non-hydrogen) atoms. The van der Waals surface area contributed by atoms with Gasteiger partial charge in [-0.15, -0.1) is 0 Å². The standard InChI is InChI=1S/C20H21N3O4/c1-14(19(24)15-9-5-4-6-10-15)22-27-13-16-11-7-8-12-17(16)18(23-26-3)20(25)21-2/h4-12H,13H2,1-3H3,(H,21,25)/b22-14+,23-18+. The molecule has 7 nitrogen and oxygen atoms in total. The molecular weight excluding hydrogens is 346 g/mol. The number of oxime groups is 2. The van der Waals surface area contributed by atoms with Crippen molar-refractivity contribution < 1.29 is 19.3 Å². The van der Waals surface area contributed by atoms with Crippen LogP contribution in [0.25, 0.3) is 0 Å². The molecule has 0 saturated carbocycles. The number of ketones is 1. The highest BCUT2D eigenvalue weighted by molar-refractivity contribution is 6.45. The van der Waals surface area contributed by atoms with E-state index in [0.29, 0.717) is 16.7 Å². The Kier molecular flexibility index (Phi) is 7.25. The van der Waals surface area contributed by atoms with E-state index in [4.69, 9.17) is 9.68 Å². The zero-order valence-electron chi connectivity index (χ0n) is 15.4. The molecule has 140 valence electrons. The lowest BCUT2D eigenvalue weighted by Crippen LogP contribution is -2.29. The van der Waals surface area contributed by atoms with Gasteiger partial charge in [-0.1, -0.05) is 64.9 Å². The van der Waals surface area contributed by atoms with E-state index in [0.717, 1.165) is 0 Å². The average molecular weight is 367 g/mol. The van der Waals surface area contributed by atoms with Gasteiger partial charge in [-0.25, -0.2) is 0 Å². The molecule has 0 fully saturated rings. The highest BCUT2D eigenvalue weighted by atomic mass is 16.6. The topological polar surface area (TPSA) is 89.3 Å². The highest BCUT2D eigenvalue weighted by Gasteiger charge is 2.17. The molecule has 0 atom stereocenters. The zero-order chi connectivity index (χ0) is 19.6. The first kappa shape index (κ1) is 19.8. The van der Waals surface area contributed by atoms with Crippen molar-refractivity contribution >= 4 is 23.1 Å². The van der Waals surface area contributed by atoms with Crippen LogP contribution in [0.1, 0.15) is 28.4 Å². The van der Waals surface area contributed by atoms with Gasteiger partial charge in [-0.3, -0.25) is 9.59 Å². The Morgan fingerprint density at radius 1 is 1.00 bits per heavy atom. The summed E-state index contributed by atoms with van der Waals surface area (Å²) in [6.45, 7) is 1.65. The maximum Gasteiger partial charge on any atom is 0.273 e. The van der Waals surface area contributed by atoms with Crippen molar-refractivity contribution in [3.63, 3.8) is 0 Å². The quantitative estimate of drug-likeness (QED) is 0.441. The fourth-order valence-electron chi connectivity index (χ4n) is 2.34. The number of benzene rings is 2. The van der Waals surface area contributed by atoms with Crippen LogP contribution in [0.5, 0.6) is 0 Å². The molecule has 7 heteroatoms. The van der Waals surface area contributed by atoms with Crippen LogP contribution in [-0.4, -0.2) is 37.3 Å². The zero-order valence-corrected chi connectivity index (χ0v) is 15.4. The highest BCUT2D eigenvalue weighted by Crippen LogP contribution is 2.13. The lowest BCUT2D eigenvalue weighted by Gasteiger charge is -2.10. The Balaban J connectivity index is 2.16. The number of hydrogen-bond donors (Lipinski definition) is 1. The van der Waals surface area contributed by atoms with Gasteiger partial charge in [0, 0.05) is 23.7 Å². The number of likely N-dealkylation sites (N-methyl/N-ethyl adjacent to an activating group) is 1. The maximum absolute atomic E-state index is 12.3. The fourth-order valence-corrected chi connectivity index (χ4v) is 2.34. The molecule has 0 aromatic heterocycles. The van der Waals surface area contributed by atoms with E-state index in [9.17, 15) is 9.59 Å². The molecule has 0 aliphatic heterocycles.